The van der Waals surface area contributed by atoms with Crippen molar-refractivity contribution in [2.24, 2.45) is 0 Å². The molecule has 1 amide bonds. The Hall–Kier alpha value is -4.33. The number of imidazole rings is 1. The molecule has 0 fully saturated rings. The maximum atomic E-state index is 12.8. The van der Waals surface area contributed by atoms with Gasteiger partial charge >= 0.3 is 5.97 Å². The lowest BCUT2D eigenvalue weighted by Gasteiger charge is -2.17. The molecule has 0 aliphatic rings. The highest BCUT2D eigenvalue weighted by Gasteiger charge is 2.23. The number of nitrogens with zero attached hydrogens (tertiary/aromatic N) is 1. The first-order chi connectivity index (χ1) is 16.5. The largest absolute Gasteiger partial charge is 0.497 e. The Bertz CT molecular complexity index is 1320. The van der Waals surface area contributed by atoms with Gasteiger partial charge in [0.2, 0.25) is 0 Å². The van der Waals surface area contributed by atoms with Gasteiger partial charge in [-0.25, -0.2) is 9.78 Å². The number of carbonyl (C=O) groups is 2. The minimum atomic E-state index is -0.975. The summed E-state index contributed by atoms with van der Waals surface area (Å²) in [7, 11) is 3.04. The molecular formula is C26H25N3O5. The van der Waals surface area contributed by atoms with Crippen LogP contribution in [0.2, 0.25) is 0 Å². The Balaban J connectivity index is 1.48. The van der Waals surface area contributed by atoms with E-state index >= 15 is 0 Å². The Kier molecular flexibility index (Phi) is 6.77. The molecule has 0 aliphatic heterocycles. The van der Waals surface area contributed by atoms with Gasteiger partial charge in [0, 0.05) is 11.6 Å². The summed E-state index contributed by atoms with van der Waals surface area (Å²) in [6, 6.07) is 19.8. The SMILES string of the molecule is CCC(OC(=O)c1ccc2nc(-c3ccccc3)[nH]c2c1)C(=O)Nc1ccc(OC)cc1OC. The summed E-state index contributed by atoms with van der Waals surface area (Å²) in [6.45, 7) is 1.77. The number of methoxy groups -OCH3 is 2. The van der Waals surface area contributed by atoms with Gasteiger partial charge in [-0.05, 0) is 36.8 Å². The first-order valence-electron chi connectivity index (χ1n) is 10.8. The highest BCUT2D eigenvalue weighted by Crippen LogP contribution is 2.29. The highest BCUT2D eigenvalue weighted by atomic mass is 16.5. The molecule has 1 aromatic heterocycles. The number of carbonyl (C=O) groups excluding carboxylic acids is 2. The van der Waals surface area contributed by atoms with Gasteiger partial charge < -0.3 is 24.5 Å². The van der Waals surface area contributed by atoms with E-state index in [1.54, 1.807) is 50.4 Å². The Labute approximate surface area is 196 Å². The van der Waals surface area contributed by atoms with Crippen molar-refractivity contribution in [3.05, 3.63) is 72.3 Å². The second-order valence-electron chi connectivity index (χ2n) is 7.54. The fourth-order valence-corrected chi connectivity index (χ4v) is 3.50. The number of fused-ring (bicyclic) bond motifs is 1. The fourth-order valence-electron chi connectivity index (χ4n) is 3.50. The summed E-state index contributed by atoms with van der Waals surface area (Å²) >= 11 is 0. The van der Waals surface area contributed by atoms with Gasteiger partial charge in [-0.15, -0.1) is 0 Å². The van der Waals surface area contributed by atoms with Gasteiger partial charge in [0.15, 0.2) is 6.10 Å². The van der Waals surface area contributed by atoms with Crippen LogP contribution in [0.25, 0.3) is 22.4 Å². The number of esters is 1. The average molecular weight is 460 g/mol. The number of ether oxygens (including phenoxy) is 3. The number of H-pyrrole nitrogens is 1. The van der Waals surface area contributed by atoms with Crippen molar-refractivity contribution in [2.75, 3.05) is 19.5 Å². The van der Waals surface area contributed by atoms with Crippen LogP contribution in [0.4, 0.5) is 5.69 Å². The van der Waals surface area contributed by atoms with Crippen molar-refractivity contribution < 1.29 is 23.8 Å². The van der Waals surface area contributed by atoms with E-state index < -0.39 is 18.0 Å². The molecule has 1 heterocycles. The van der Waals surface area contributed by atoms with Gasteiger partial charge in [0.25, 0.3) is 5.91 Å². The molecule has 1 unspecified atom stereocenters. The smallest absolute Gasteiger partial charge is 0.338 e. The van der Waals surface area contributed by atoms with Gasteiger partial charge in [-0.3, -0.25) is 4.79 Å². The van der Waals surface area contributed by atoms with Gasteiger partial charge in [0.05, 0.1) is 36.5 Å². The van der Waals surface area contributed by atoms with E-state index in [0.29, 0.717) is 40.5 Å². The second-order valence-corrected chi connectivity index (χ2v) is 7.54. The summed E-state index contributed by atoms with van der Waals surface area (Å²) in [5.41, 5.74) is 3.15. The molecule has 2 N–H and O–H groups in total. The highest BCUT2D eigenvalue weighted by molar-refractivity contribution is 5.99. The molecule has 0 aliphatic carbocycles. The quantitative estimate of drug-likeness (QED) is 0.366. The van der Waals surface area contributed by atoms with E-state index in [0.717, 1.165) is 11.1 Å². The zero-order valence-electron chi connectivity index (χ0n) is 19.1. The van der Waals surface area contributed by atoms with Crippen LogP contribution >= 0.6 is 0 Å². The third-order valence-corrected chi connectivity index (χ3v) is 5.34. The maximum Gasteiger partial charge on any atom is 0.338 e. The van der Waals surface area contributed by atoms with Crippen molar-refractivity contribution in [3.8, 4) is 22.9 Å². The summed E-state index contributed by atoms with van der Waals surface area (Å²) in [5.74, 6) is 0.695. The number of amides is 1. The van der Waals surface area contributed by atoms with Crippen LogP contribution in [0.15, 0.2) is 66.7 Å². The zero-order valence-corrected chi connectivity index (χ0v) is 19.1. The lowest BCUT2D eigenvalue weighted by molar-refractivity contribution is -0.124. The van der Waals surface area contributed by atoms with E-state index in [-0.39, 0.29) is 0 Å². The van der Waals surface area contributed by atoms with Crippen LogP contribution in [-0.4, -0.2) is 42.2 Å². The molecule has 4 aromatic rings. The number of aromatic amines is 1. The predicted octanol–water partition coefficient (Wildman–Crippen LogP) is 4.82. The van der Waals surface area contributed by atoms with Crippen molar-refractivity contribution in [3.63, 3.8) is 0 Å². The molecule has 0 saturated heterocycles. The monoisotopic (exact) mass is 459 g/mol. The molecule has 0 bridgehead atoms. The van der Waals surface area contributed by atoms with Crippen molar-refractivity contribution >= 4 is 28.6 Å². The van der Waals surface area contributed by atoms with Crippen LogP contribution in [0.1, 0.15) is 23.7 Å². The molecule has 34 heavy (non-hydrogen) atoms. The van der Waals surface area contributed by atoms with Crippen LogP contribution in [0, 0.1) is 0 Å². The minimum Gasteiger partial charge on any atom is -0.497 e. The fraction of sp³-hybridized carbons (Fsp3) is 0.192. The summed E-state index contributed by atoms with van der Waals surface area (Å²) in [6.07, 6.45) is -0.669. The van der Waals surface area contributed by atoms with Crippen LogP contribution in [0.5, 0.6) is 11.5 Å². The molecule has 8 nitrogen and oxygen atoms in total. The second kappa shape index (κ2) is 10.1. The van der Waals surface area contributed by atoms with Gasteiger partial charge in [-0.1, -0.05) is 37.3 Å². The van der Waals surface area contributed by atoms with Crippen LogP contribution in [-0.2, 0) is 9.53 Å². The van der Waals surface area contributed by atoms with Crippen molar-refractivity contribution in [1.29, 1.82) is 0 Å². The Morgan fingerprint density at radius 3 is 2.50 bits per heavy atom. The van der Waals surface area contributed by atoms with E-state index in [1.807, 2.05) is 30.3 Å². The van der Waals surface area contributed by atoms with Gasteiger partial charge in [-0.2, -0.15) is 0 Å². The van der Waals surface area contributed by atoms with Crippen LogP contribution < -0.4 is 14.8 Å². The number of nitrogens with one attached hydrogen (secondary N) is 2. The molecule has 4 rings (SSSR count). The van der Waals surface area contributed by atoms with Crippen molar-refractivity contribution in [1.82, 2.24) is 9.97 Å². The molecule has 0 radical (unpaired) electrons. The number of aromatic nitrogens is 2. The van der Waals surface area contributed by atoms with Crippen molar-refractivity contribution in [2.45, 2.75) is 19.4 Å². The molecule has 3 aromatic carbocycles. The lowest BCUT2D eigenvalue weighted by Crippen LogP contribution is -2.32. The molecule has 0 spiro atoms. The summed E-state index contributed by atoms with van der Waals surface area (Å²) < 4.78 is 16.0. The molecule has 0 saturated carbocycles. The van der Waals surface area contributed by atoms with E-state index in [4.69, 9.17) is 14.2 Å². The number of anilines is 1. The third-order valence-electron chi connectivity index (χ3n) is 5.34. The zero-order chi connectivity index (χ0) is 24.1. The molecule has 8 heteroatoms. The molecule has 1 atom stereocenters. The summed E-state index contributed by atoms with van der Waals surface area (Å²) in [4.78, 5) is 33.4. The number of rotatable bonds is 8. The van der Waals surface area contributed by atoms with E-state index in [2.05, 4.69) is 15.3 Å². The average Bonchev–Trinajstić information content (AvgIpc) is 3.31. The number of hydrogen-bond donors (Lipinski definition) is 2. The topological polar surface area (TPSA) is 103 Å². The minimum absolute atomic E-state index is 0.306. The first kappa shape index (κ1) is 22.8. The third kappa shape index (κ3) is 4.85. The number of hydrogen-bond acceptors (Lipinski definition) is 6. The predicted molar refractivity (Wildman–Crippen MR) is 129 cm³/mol. The standard InChI is InChI=1S/C26H25N3O5/c1-4-22(25(30)29-20-13-11-18(32-2)15-23(20)33-3)34-26(31)17-10-12-19-21(14-17)28-24(27-19)16-8-6-5-7-9-16/h5-15,22H,4H2,1-3H3,(H,27,28)(H,29,30). The Morgan fingerprint density at radius 2 is 1.79 bits per heavy atom. The maximum absolute atomic E-state index is 12.8. The molecular weight excluding hydrogens is 434 g/mol. The lowest BCUT2D eigenvalue weighted by atomic mass is 10.2. The molecule has 174 valence electrons. The Morgan fingerprint density at radius 1 is 1.00 bits per heavy atom. The normalized spacial score (nSPS) is 11.6. The van der Waals surface area contributed by atoms with E-state index in [1.165, 1.54) is 7.11 Å². The number of benzene rings is 3. The first-order valence-corrected chi connectivity index (χ1v) is 10.8. The summed E-state index contributed by atoms with van der Waals surface area (Å²) in [5, 5.41) is 2.76. The van der Waals surface area contributed by atoms with Gasteiger partial charge in [0.1, 0.15) is 17.3 Å². The van der Waals surface area contributed by atoms with Crippen LogP contribution in [0.3, 0.4) is 0 Å². The van der Waals surface area contributed by atoms with E-state index in [9.17, 15) is 9.59 Å².